The summed E-state index contributed by atoms with van der Waals surface area (Å²) >= 11 is 0. The van der Waals surface area contributed by atoms with Gasteiger partial charge in [0.1, 0.15) is 36.6 Å². The third-order valence-electron chi connectivity index (χ3n) is 15.1. The van der Waals surface area contributed by atoms with E-state index < -0.39 is 63.2 Å². The number of phosphoric ester groups is 1. The monoisotopic (exact) mass is 1050 g/mol. The van der Waals surface area contributed by atoms with E-state index >= 15 is 0 Å². The number of amides is 1. The van der Waals surface area contributed by atoms with Crippen LogP contribution in [-0.4, -0.2) is 96.8 Å². The molecule has 1 aliphatic carbocycles. The van der Waals surface area contributed by atoms with E-state index in [2.05, 4.69) is 19.2 Å². The van der Waals surface area contributed by atoms with Crippen LogP contribution < -0.4 is 5.32 Å². The largest absolute Gasteiger partial charge is 0.472 e. The highest BCUT2D eigenvalue weighted by atomic mass is 31.2. The maximum Gasteiger partial charge on any atom is 0.472 e. The minimum absolute atomic E-state index is 0.219. The van der Waals surface area contributed by atoms with Gasteiger partial charge in [0, 0.05) is 6.42 Å². The third-order valence-corrected chi connectivity index (χ3v) is 16.1. The van der Waals surface area contributed by atoms with Crippen LogP contribution in [0.3, 0.4) is 0 Å². The molecule has 8 N–H and O–H groups in total. The number of allylic oxidation sites excluding steroid dienone is 1. The normalized spacial score (nSPS) is 21.1. The molecule has 0 aromatic rings. The van der Waals surface area contributed by atoms with Gasteiger partial charge in [-0.05, 0) is 19.3 Å². The van der Waals surface area contributed by atoms with Crippen LogP contribution in [-0.2, 0) is 18.4 Å². The zero-order valence-corrected chi connectivity index (χ0v) is 47.4. The van der Waals surface area contributed by atoms with Crippen molar-refractivity contribution in [1.82, 2.24) is 5.32 Å². The van der Waals surface area contributed by atoms with Crippen LogP contribution in [0.4, 0.5) is 0 Å². The van der Waals surface area contributed by atoms with Gasteiger partial charge in [-0.15, -0.1) is 0 Å². The highest BCUT2D eigenvalue weighted by Crippen LogP contribution is 2.47. The first kappa shape index (κ1) is 69.1. The molecule has 1 rings (SSSR count). The lowest BCUT2D eigenvalue weighted by Gasteiger charge is -2.41. The average molecular weight is 1050 g/mol. The Hall–Kier alpha value is -0.920. The fraction of sp³-hybridized carbons (Fsp3) is 0.949. The first-order valence-electron chi connectivity index (χ1n) is 30.6. The quantitative estimate of drug-likeness (QED) is 0.0163. The number of nitrogens with one attached hydrogen (secondary N) is 1. The summed E-state index contributed by atoms with van der Waals surface area (Å²) in [6.45, 7) is 3.89. The molecular weight excluding hydrogens is 930 g/mol. The van der Waals surface area contributed by atoms with Gasteiger partial charge in [0.15, 0.2) is 0 Å². The molecule has 1 aliphatic rings. The van der Waals surface area contributed by atoms with Crippen molar-refractivity contribution in [3.8, 4) is 0 Å². The van der Waals surface area contributed by atoms with Crippen LogP contribution in [0.15, 0.2) is 12.2 Å². The lowest BCUT2D eigenvalue weighted by molar-refractivity contribution is -0.220. The molecule has 0 heterocycles. The molecule has 1 amide bonds. The molecule has 12 nitrogen and oxygen atoms in total. The van der Waals surface area contributed by atoms with Crippen LogP contribution in [0.25, 0.3) is 0 Å². The number of carbonyl (C=O) groups is 1. The first-order chi connectivity index (χ1) is 34.9. The van der Waals surface area contributed by atoms with E-state index in [1.54, 1.807) is 6.08 Å². The Morgan fingerprint density at radius 2 is 0.736 bits per heavy atom. The van der Waals surface area contributed by atoms with Crippen molar-refractivity contribution in [1.29, 1.82) is 0 Å². The fourth-order valence-electron chi connectivity index (χ4n) is 10.1. The van der Waals surface area contributed by atoms with E-state index in [1.165, 1.54) is 231 Å². The summed E-state index contributed by atoms with van der Waals surface area (Å²) in [4.78, 5) is 23.5. The van der Waals surface area contributed by atoms with Crippen molar-refractivity contribution in [2.24, 2.45) is 0 Å². The highest BCUT2D eigenvalue weighted by Gasteiger charge is 2.51. The summed E-state index contributed by atoms with van der Waals surface area (Å²) in [5.41, 5.74) is 0. The summed E-state index contributed by atoms with van der Waals surface area (Å²) in [7, 11) is -5.08. The standard InChI is InChI=1S/C59H116NO11P/c1-3-5-7-9-11-13-15-17-19-20-21-22-23-24-25-26-27-28-29-30-31-32-33-35-37-39-41-43-45-47-49-53(62)60-51(50-70-72(68,69)71-59-57(66)55(64)54(63)56(65)58(59)67)52(61)48-46-44-42-40-38-36-34-18-16-14-12-10-8-6-4-2/h46,48,51-52,54-59,61,63-67H,3-45,47,49-50H2,1-2H3,(H,60,62)(H,68,69)/b48-46+/t51-,52+,54?,55+,56?,57?,58?,59?/m0/s1. The van der Waals surface area contributed by atoms with E-state index in [9.17, 15) is 44.9 Å². The number of unbranched alkanes of at least 4 members (excludes halogenated alkanes) is 42. The number of aliphatic hydroxyl groups is 6. The van der Waals surface area contributed by atoms with Gasteiger partial charge in [-0.2, -0.15) is 0 Å². The van der Waals surface area contributed by atoms with Crippen molar-refractivity contribution in [2.75, 3.05) is 6.61 Å². The van der Waals surface area contributed by atoms with Crippen LogP contribution in [0, 0.1) is 0 Å². The summed E-state index contributed by atoms with van der Waals surface area (Å²) < 4.78 is 23.0. The number of hydrogen-bond acceptors (Lipinski definition) is 10. The van der Waals surface area contributed by atoms with E-state index in [1.807, 2.05) is 6.08 Å². The molecule has 13 heteroatoms. The molecule has 72 heavy (non-hydrogen) atoms. The van der Waals surface area contributed by atoms with Gasteiger partial charge in [-0.1, -0.05) is 289 Å². The van der Waals surface area contributed by atoms with Crippen LogP contribution in [0.1, 0.15) is 303 Å². The molecule has 1 saturated carbocycles. The van der Waals surface area contributed by atoms with Gasteiger partial charge >= 0.3 is 7.82 Å². The Bertz CT molecular complexity index is 1260. The van der Waals surface area contributed by atoms with Crippen LogP contribution in [0.5, 0.6) is 0 Å². The molecule has 0 bridgehead atoms. The highest BCUT2D eigenvalue weighted by molar-refractivity contribution is 7.47. The van der Waals surface area contributed by atoms with Gasteiger partial charge in [0.25, 0.3) is 0 Å². The third kappa shape index (κ3) is 38.6. The van der Waals surface area contributed by atoms with Crippen molar-refractivity contribution in [3.63, 3.8) is 0 Å². The minimum Gasteiger partial charge on any atom is -0.387 e. The molecule has 0 radical (unpaired) electrons. The van der Waals surface area contributed by atoms with Crippen molar-refractivity contribution in [3.05, 3.63) is 12.2 Å². The average Bonchev–Trinajstić information content (AvgIpc) is 3.37. The Morgan fingerprint density at radius 1 is 0.458 bits per heavy atom. The van der Waals surface area contributed by atoms with Crippen molar-refractivity contribution < 1.29 is 53.9 Å². The second kappa shape index (κ2) is 48.5. The first-order valence-corrected chi connectivity index (χ1v) is 32.1. The number of carbonyl (C=O) groups excluding carboxylic acids is 1. The number of aliphatic hydroxyl groups excluding tert-OH is 6. The van der Waals surface area contributed by atoms with Crippen molar-refractivity contribution >= 4 is 13.7 Å². The van der Waals surface area contributed by atoms with Crippen molar-refractivity contribution in [2.45, 2.75) is 352 Å². The van der Waals surface area contributed by atoms with E-state index in [4.69, 9.17) is 9.05 Å². The summed E-state index contributed by atoms with van der Waals surface area (Å²) in [5.74, 6) is -0.334. The number of phosphoric acid groups is 1. The van der Waals surface area contributed by atoms with Gasteiger partial charge in [-0.3, -0.25) is 13.8 Å². The Kier molecular flexibility index (Phi) is 46.5. The minimum atomic E-state index is -5.08. The van der Waals surface area contributed by atoms with Gasteiger partial charge in [0.05, 0.1) is 18.8 Å². The number of rotatable bonds is 53. The van der Waals surface area contributed by atoms with Crippen LogP contribution in [0.2, 0.25) is 0 Å². The Balaban J connectivity index is 2.24. The second-order valence-corrected chi connectivity index (χ2v) is 23.3. The predicted molar refractivity (Wildman–Crippen MR) is 297 cm³/mol. The predicted octanol–water partition coefficient (Wildman–Crippen LogP) is 14.3. The maximum absolute atomic E-state index is 13.0. The molecule has 0 spiro atoms. The molecular formula is C59H116NO11P. The van der Waals surface area contributed by atoms with E-state index in [0.717, 1.165) is 44.9 Å². The summed E-state index contributed by atoms with van der Waals surface area (Å²) in [6, 6.07) is -1.11. The van der Waals surface area contributed by atoms with E-state index in [0.29, 0.717) is 6.42 Å². The smallest absolute Gasteiger partial charge is 0.387 e. The molecule has 1 fully saturated rings. The van der Waals surface area contributed by atoms with Crippen LogP contribution >= 0.6 is 7.82 Å². The SMILES string of the molecule is CCCCCCCCCCCCCCC/C=C/[C@@H](O)[C@H](COP(=O)(O)OC1C(O)C(O)C(O)[C@@H](O)C1O)NC(=O)CCCCCCCCCCCCCCCCCCCCCCCCCCCCCCCC. The lowest BCUT2D eigenvalue weighted by Crippen LogP contribution is -2.64. The number of hydrogen-bond donors (Lipinski definition) is 8. The fourth-order valence-corrected chi connectivity index (χ4v) is 11.1. The molecule has 9 atom stereocenters. The zero-order chi connectivity index (χ0) is 52.8. The molecule has 0 aromatic carbocycles. The van der Waals surface area contributed by atoms with Gasteiger partial charge < -0.3 is 40.8 Å². The van der Waals surface area contributed by atoms with E-state index in [-0.39, 0.29) is 12.3 Å². The lowest BCUT2D eigenvalue weighted by atomic mass is 9.85. The van der Waals surface area contributed by atoms with Gasteiger partial charge in [-0.25, -0.2) is 4.57 Å². The summed E-state index contributed by atoms with van der Waals surface area (Å²) in [6.07, 6.45) is 47.4. The Morgan fingerprint density at radius 3 is 1.06 bits per heavy atom. The topological polar surface area (TPSA) is 206 Å². The van der Waals surface area contributed by atoms with Gasteiger partial charge in [0.2, 0.25) is 5.91 Å². The molecule has 0 aliphatic heterocycles. The Labute approximate surface area is 441 Å². The second-order valence-electron chi connectivity index (χ2n) is 21.9. The summed E-state index contributed by atoms with van der Waals surface area (Å²) in [5, 5.41) is 64.3. The molecule has 0 aromatic heterocycles. The maximum atomic E-state index is 13.0. The molecule has 6 unspecified atom stereocenters. The zero-order valence-electron chi connectivity index (χ0n) is 46.5. The molecule has 428 valence electrons. The molecule has 0 saturated heterocycles.